The monoisotopic (exact) mass is 297 g/mol. The minimum Gasteiger partial charge on any atom is -0.273 e. The summed E-state index contributed by atoms with van der Waals surface area (Å²) in [6.07, 6.45) is 0.302. The lowest BCUT2D eigenvalue weighted by Gasteiger charge is -2.25. The van der Waals surface area contributed by atoms with Crippen LogP contribution >= 0.6 is 0 Å². The van der Waals surface area contributed by atoms with Gasteiger partial charge in [-0.1, -0.05) is 36.4 Å². The fraction of sp³-hybridized carbons (Fsp3) is 0.188. The molecule has 0 bridgehead atoms. The van der Waals surface area contributed by atoms with Crippen LogP contribution in [0.5, 0.6) is 0 Å². The fourth-order valence-electron chi connectivity index (χ4n) is 2.32. The number of carbonyl (C=O) groups is 1. The summed E-state index contributed by atoms with van der Waals surface area (Å²) in [6, 6.07) is 18.0. The molecule has 1 aliphatic carbocycles. The Balaban J connectivity index is 1.81. The molecule has 1 amide bonds. The Hall–Kier alpha value is -2.89. The lowest BCUT2D eigenvalue weighted by Crippen LogP contribution is -2.40. The summed E-state index contributed by atoms with van der Waals surface area (Å²) in [5.74, 6) is -0.876. The Morgan fingerprint density at radius 2 is 1.55 bits per heavy atom. The lowest BCUT2D eigenvalue weighted by atomic mass is 10.2. The van der Waals surface area contributed by atoms with Crippen molar-refractivity contribution >= 4 is 17.3 Å². The molecule has 6 nitrogen and oxygen atoms in total. The molecule has 1 fully saturated rings. The molecule has 22 heavy (non-hydrogen) atoms. The lowest BCUT2D eigenvalue weighted by molar-refractivity contribution is -0.497. The van der Waals surface area contributed by atoms with E-state index in [-0.39, 0.29) is 10.8 Å². The normalized spacial score (nSPS) is 19.3. The number of nitrogens with one attached hydrogen (secondary N) is 1. The Kier molecular flexibility index (Phi) is 3.74. The quantitative estimate of drug-likeness (QED) is 0.679. The van der Waals surface area contributed by atoms with Crippen molar-refractivity contribution in [3.63, 3.8) is 0 Å². The number of benzene rings is 2. The summed E-state index contributed by atoms with van der Waals surface area (Å²) in [5.41, 5.74) is 4.37. The second-order valence-electron chi connectivity index (χ2n) is 5.18. The van der Waals surface area contributed by atoms with E-state index < -0.39 is 12.0 Å². The summed E-state index contributed by atoms with van der Waals surface area (Å²) >= 11 is 0. The van der Waals surface area contributed by atoms with E-state index in [1.54, 1.807) is 5.01 Å². The number of hydrogen-bond donors (Lipinski definition) is 1. The second-order valence-corrected chi connectivity index (χ2v) is 5.18. The molecule has 0 saturated heterocycles. The zero-order valence-corrected chi connectivity index (χ0v) is 11.8. The Bertz CT molecular complexity index is 636. The zero-order chi connectivity index (χ0) is 15.5. The predicted molar refractivity (Wildman–Crippen MR) is 82.1 cm³/mol. The summed E-state index contributed by atoms with van der Waals surface area (Å²) in [6.45, 7) is 0. The molecule has 2 aromatic rings. The highest BCUT2D eigenvalue weighted by Crippen LogP contribution is 2.34. The highest BCUT2D eigenvalue weighted by atomic mass is 16.6. The van der Waals surface area contributed by atoms with Gasteiger partial charge >= 0.3 is 0 Å². The molecule has 0 spiro atoms. The topological polar surface area (TPSA) is 75.5 Å². The largest absolute Gasteiger partial charge is 0.273 e. The van der Waals surface area contributed by atoms with Crippen molar-refractivity contribution in [3.8, 4) is 0 Å². The van der Waals surface area contributed by atoms with Gasteiger partial charge in [0, 0.05) is 11.3 Å². The highest BCUT2D eigenvalue weighted by molar-refractivity contribution is 5.85. The van der Waals surface area contributed by atoms with E-state index >= 15 is 0 Å². The van der Waals surface area contributed by atoms with Gasteiger partial charge in [-0.2, -0.15) is 0 Å². The van der Waals surface area contributed by atoms with Gasteiger partial charge in [-0.3, -0.25) is 25.3 Å². The third-order valence-corrected chi connectivity index (χ3v) is 3.62. The summed E-state index contributed by atoms with van der Waals surface area (Å²) < 4.78 is 0. The number of nitrogens with zero attached hydrogens (tertiary/aromatic N) is 2. The molecule has 0 aromatic heterocycles. The Morgan fingerprint density at radius 3 is 1.95 bits per heavy atom. The maximum absolute atomic E-state index is 12.2. The van der Waals surface area contributed by atoms with E-state index in [2.05, 4.69) is 5.43 Å². The molecule has 1 aliphatic rings. The van der Waals surface area contributed by atoms with Gasteiger partial charge in [0.05, 0.1) is 11.4 Å². The smallest absolute Gasteiger partial charge is 0.249 e. The van der Waals surface area contributed by atoms with Crippen LogP contribution in [0, 0.1) is 16.0 Å². The summed E-state index contributed by atoms with van der Waals surface area (Å²) in [4.78, 5) is 22.5. The van der Waals surface area contributed by atoms with Crippen molar-refractivity contribution in [2.75, 3.05) is 5.01 Å². The van der Waals surface area contributed by atoms with Crippen LogP contribution in [0.2, 0.25) is 0 Å². The maximum atomic E-state index is 12.2. The SMILES string of the molecule is O=C(NN(c1ccccc1)c1ccccc1)[C@@H]1C[C@H]1[N+](=O)[O-]. The van der Waals surface area contributed by atoms with Gasteiger partial charge < -0.3 is 0 Å². The van der Waals surface area contributed by atoms with Crippen LogP contribution in [0.15, 0.2) is 60.7 Å². The maximum Gasteiger partial charge on any atom is 0.249 e. The molecular formula is C16H15N3O3. The number of carbonyl (C=O) groups excluding carboxylic acids is 1. The molecule has 0 aliphatic heterocycles. The highest BCUT2D eigenvalue weighted by Gasteiger charge is 2.53. The standard InChI is InChI=1S/C16H15N3O3/c20-16(14-11-15(14)19(21)22)17-18(12-7-3-1-4-8-12)13-9-5-2-6-10-13/h1-10,14-15H,11H2,(H,17,20)/t14-,15-/m1/s1. The first-order valence-electron chi connectivity index (χ1n) is 7.01. The van der Waals surface area contributed by atoms with Crippen molar-refractivity contribution < 1.29 is 9.72 Å². The molecule has 0 radical (unpaired) electrons. The van der Waals surface area contributed by atoms with Crippen molar-refractivity contribution in [3.05, 3.63) is 70.8 Å². The van der Waals surface area contributed by atoms with Gasteiger partial charge in [-0.25, -0.2) is 0 Å². The molecule has 1 saturated carbocycles. The fourth-order valence-corrected chi connectivity index (χ4v) is 2.32. The summed E-state index contributed by atoms with van der Waals surface area (Å²) in [7, 11) is 0. The van der Waals surface area contributed by atoms with Gasteiger partial charge in [-0.05, 0) is 24.3 Å². The van der Waals surface area contributed by atoms with Crippen molar-refractivity contribution in [2.45, 2.75) is 12.5 Å². The molecule has 6 heteroatoms. The number of para-hydroxylation sites is 2. The van der Waals surface area contributed by atoms with E-state index in [0.29, 0.717) is 6.42 Å². The van der Waals surface area contributed by atoms with Crippen LogP contribution < -0.4 is 10.4 Å². The van der Waals surface area contributed by atoms with Crippen LogP contribution in [-0.4, -0.2) is 16.9 Å². The Morgan fingerprint density at radius 1 is 1.05 bits per heavy atom. The van der Waals surface area contributed by atoms with Crippen LogP contribution in [0.3, 0.4) is 0 Å². The van der Waals surface area contributed by atoms with E-state index in [4.69, 9.17) is 0 Å². The van der Waals surface area contributed by atoms with Gasteiger partial charge in [0.15, 0.2) is 0 Å². The van der Waals surface area contributed by atoms with Gasteiger partial charge in [0.25, 0.3) is 0 Å². The van der Waals surface area contributed by atoms with Crippen LogP contribution in [0.25, 0.3) is 0 Å². The van der Waals surface area contributed by atoms with Gasteiger partial charge in [-0.15, -0.1) is 0 Å². The zero-order valence-electron chi connectivity index (χ0n) is 11.8. The molecular weight excluding hydrogens is 282 g/mol. The molecule has 0 heterocycles. The molecule has 2 aromatic carbocycles. The van der Waals surface area contributed by atoms with Crippen molar-refractivity contribution in [1.82, 2.24) is 5.43 Å². The van der Waals surface area contributed by atoms with E-state index in [1.165, 1.54) is 0 Å². The van der Waals surface area contributed by atoms with E-state index in [9.17, 15) is 14.9 Å². The number of amides is 1. The number of anilines is 2. The van der Waals surface area contributed by atoms with Gasteiger partial charge in [0.2, 0.25) is 11.9 Å². The van der Waals surface area contributed by atoms with E-state index in [0.717, 1.165) is 11.4 Å². The first-order valence-corrected chi connectivity index (χ1v) is 7.01. The molecule has 2 atom stereocenters. The predicted octanol–water partition coefficient (Wildman–Crippen LogP) is 2.52. The third-order valence-electron chi connectivity index (χ3n) is 3.62. The number of nitro groups is 1. The number of hydrogen-bond acceptors (Lipinski definition) is 4. The van der Waals surface area contributed by atoms with E-state index in [1.807, 2.05) is 60.7 Å². The third kappa shape index (κ3) is 2.90. The van der Waals surface area contributed by atoms with Crippen LogP contribution in [0.4, 0.5) is 11.4 Å². The molecule has 1 N–H and O–H groups in total. The molecule has 0 unspecified atom stereocenters. The van der Waals surface area contributed by atoms with Crippen LogP contribution in [0.1, 0.15) is 6.42 Å². The summed E-state index contributed by atoms with van der Waals surface area (Å²) in [5, 5.41) is 12.4. The van der Waals surface area contributed by atoms with Gasteiger partial charge in [0.1, 0.15) is 5.92 Å². The minimum atomic E-state index is -0.756. The molecule has 112 valence electrons. The first kappa shape index (κ1) is 14.1. The van der Waals surface area contributed by atoms with Crippen LogP contribution in [-0.2, 0) is 4.79 Å². The second kappa shape index (κ2) is 5.85. The first-order chi connectivity index (χ1) is 10.7. The Labute approximate surface area is 127 Å². The number of rotatable bonds is 5. The average Bonchev–Trinajstić information content (AvgIpc) is 3.35. The van der Waals surface area contributed by atoms with Crippen molar-refractivity contribution in [2.24, 2.45) is 5.92 Å². The minimum absolute atomic E-state index is 0.302. The number of hydrazine groups is 1. The average molecular weight is 297 g/mol. The molecule has 3 rings (SSSR count). The van der Waals surface area contributed by atoms with Crippen molar-refractivity contribution in [1.29, 1.82) is 0 Å².